The molecule has 4 heteroatoms. The summed E-state index contributed by atoms with van der Waals surface area (Å²) in [5.41, 5.74) is 0.900. The standard InChI is InChI=1S/C17H23BrN2O/c1-4-16(5-2)20-10-9-15(19-20)12-17(3,21)13-7-6-8-14(18)11-13/h6-11,16,21H,4-5,12H2,1-3H3. The molecule has 0 amide bonds. The third kappa shape index (κ3) is 3.95. The quantitative estimate of drug-likeness (QED) is 0.835. The monoisotopic (exact) mass is 350 g/mol. The molecule has 1 atom stereocenters. The Morgan fingerprint density at radius 2 is 2.00 bits per heavy atom. The highest BCUT2D eigenvalue weighted by Crippen LogP contribution is 2.27. The molecule has 0 bridgehead atoms. The van der Waals surface area contributed by atoms with Crippen molar-refractivity contribution >= 4 is 15.9 Å². The number of halogens is 1. The molecule has 0 spiro atoms. The van der Waals surface area contributed by atoms with Gasteiger partial charge in [-0.1, -0.05) is 41.9 Å². The molecule has 2 aromatic rings. The van der Waals surface area contributed by atoms with Gasteiger partial charge in [-0.25, -0.2) is 0 Å². The summed E-state index contributed by atoms with van der Waals surface area (Å²) in [5.74, 6) is 0. The molecule has 3 nitrogen and oxygen atoms in total. The Hall–Kier alpha value is -1.13. The lowest BCUT2D eigenvalue weighted by Gasteiger charge is -2.23. The number of hydrogen-bond acceptors (Lipinski definition) is 2. The van der Waals surface area contributed by atoms with E-state index in [2.05, 4.69) is 34.9 Å². The summed E-state index contributed by atoms with van der Waals surface area (Å²) in [5, 5.41) is 15.4. The predicted octanol–water partition coefficient (Wildman–Crippen LogP) is 4.46. The molecule has 1 unspecified atom stereocenters. The van der Waals surface area contributed by atoms with E-state index in [9.17, 15) is 5.11 Å². The molecule has 2 rings (SSSR count). The minimum absolute atomic E-state index is 0.439. The lowest BCUT2D eigenvalue weighted by atomic mass is 9.91. The average molecular weight is 351 g/mol. The van der Waals surface area contributed by atoms with Gasteiger partial charge in [0.2, 0.25) is 0 Å². The van der Waals surface area contributed by atoms with Crippen molar-refractivity contribution in [3.05, 3.63) is 52.3 Å². The summed E-state index contributed by atoms with van der Waals surface area (Å²) in [4.78, 5) is 0. The average Bonchev–Trinajstić information content (AvgIpc) is 2.88. The number of nitrogens with zero attached hydrogens (tertiary/aromatic N) is 2. The van der Waals surface area contributed by atoms with E-state index in [1.165, 1.54) is 0 Å². The normalized spacial score (nSPS) is 14.4. The first kappa shape index (κ1) is 16.2. The van der Waals surface area contributed by atoms with Gasteiger partial charge >= 0.3 is 0 Å². The highest BCUT2D eigenvalue weighted by atomic mass is 79.9. The van der Waals surface area contributed by atoms with Crippen molar-refractivity contribution in [3.63, 3.8) is 0 Å². The van der Waals surface area contributed by atoms with E-state index in [-0.39, 0.29) is 0 Å². The van der Waals surface area contributed by atoms with Crippen LogP contribution in [0.1, 0.15) is 50.9 Å². The molecule has 1 N–H and O–H groups in total. The maximum atomic E-state index is 10.8. The molecule has 1 aromatic heterocycles. The zero-order valence-corrected chi connectivity index (χ0v) is 14.5. The van der Waals surface area contributed by atoms with Gasteiger partial charge < -0.3 is 5.11 Å². The van der Waals surface area contributed by atoms with E-state index in [0.717, 1.165) is 28.6 Å². The molecule has 0 aliphatic heterocycles. The van der Waals surface area contributed by atoms with Crippen molar-refractivity contribution in [2.75, 3.05) is 0 Å². The van der Waals surface area contributed by atoms with Crippen LogP contribution in [0.3, 0.4) is 0 Å². The second kappa shape index (κ2) is 6.75. The molecule has 0 aliphatic carbocycles. The Labute approximate surface area is 135 Å². The van der Waals surface area contributed by atoms with Crippen LogP contribution in [0.4, 0.5) is 0 Å². The van der Waals surface area contributed by atoms with E-state index in [1.807, 2.05) is 48.1 Å². The molecule has 0 fully saturated rings. The van der Waals surface area contributed by atoms with Crippen LogP contribution in [0.15, 0.2) is 41.0 Å². The number of aromatic nitrogens is 2. The molecule has 0 saturated heterocycles. The maximum Gasteiger partial charge on any atom is 0.0924 e. The van der Waals surface area contributed by atoms with Crippen molar-refractivity contribution in [2.45, 2.75) is 51.7 Å². The predicted molar refractivity (Wildman–Crippen MR) is 89.3 cm³/mol. The topological polar surface area (TPSA) is 38.0 Å². The molecule has 1 aromatic carbocycles. The van der Waals surface area contributed by atoms with E-state index in [0.29, 0.717) is 12.5 Å². The second-order valence-electron chi connectivity index (χ2n) is 5.72. The van der Waals surface area contributed by atoms with Crippen molar-refractivity contribution in [2.24, 2.45) is 0 Å². The SMILES string of the molecule is CCC(CC)n1ccc(CC(C)(O)c2cccc(Br)c2)n1. The maximum absolute atomic E-state index is 10.8. The summed E-state index contributed by atoms with van der Waals surface area (Å²) in [6.45, 7) is 6.19. The van der Waals surface area contributed by atoms with Gasteiger partial charge in [0.15, 0.2) is 0 Å². The first-order valence-electron chi connectivity index (χ1n) is 7.48. The van der Waals surface area contributed by atoms with Crippen molar-refractivity contribution in [1.29, 1.82) is 0 Å². The lowest BCUT2D eigenvalue weighted by molar-refractivity contribution is 0.0563. The molecule has 1 heterocycles. The Balaban J connectivity index is 2.17. The third-order valence-corrected chi connectivity index (χ3v) is 4.45. The Kier molecular flexibility index (Phi) is 5.22. The first-order chi connectivity index (χ1) is 9.96. The van der Waals surface area contributed by atoms with Crippen LogP contribution < -0.4 is 0 Å². The Morgan fingerprint density at radius 3 is 2.62 bits per heavy atom. The summed E-state index contributed by atoms with van der Waals surface area (Å²) in [6, 6.07) is 10.2. The summed E-state index contributed by atoms with van der Waals surface area (Å²) < 4.78 is 3.00. The Morgan fingerprint density at radius 1 is 1.29 bits per heavy atom. The zero-order chi connectivity index (χ0) is 15.5. The smallest absolute Gasteiger partial charge is 0.0924 e. The van der Waals surface area contributed by atoms with Gasteiger partial charge in [0.25, 0.3) is 0 Å². The molecular weight excluding hydrogens is 328 g/mol. The van der Waals surface area contributed by atoms with Gasteiger partial charge in [-0.3, -0.25) is 4.68 Å². The van der Waals surface area contributed by atoms with E-state index < -0.39 is 5.60 Å². The fourth-order valence-corrected chi connectivity index (χ4v) is 3.02. The van der Waals surface area contributed by atoms with Crippen LogP contribution in [0.5, 0.6) is 0 Å². The molecule has 0 aliphatic rings. The number of benzene rings is 1. The summed E-state index contributed by atoms with van der Waals surface area (Å²) in [7, 11) is 0. The van der Waals surface area contributed by atoms with Crippen LogP contribution in [0.2, 0.25) is 0 Å². The number of hydrogen-bond donors (Lipinski definition) is 1. The lowest BCUT2D eigenvalue weighted by Crippen LogP contribution is -2.24. The van der Waals surface area contributed by atoms with Gasteiger partial charge in [-0.2, -0.15) is 5.10 Å². The van der Waals surface area contributed by atoms with Gasteiger partial charge in [-0.05, 0) is 43.5 Å². The number of rotatable bonds is 6. The zero-order valence-electron chi connectivity index (χ0n) is 12.9. The van der Waals surface area contributed by atoms with Gasteiger partial charge in [0, 0.05) is 17.1 Å². The van der Waals surface area contributed by atoms with Crippen LogP contribution >= 0.6 is 15.9 Å². The second-order valence-corrected chi connectivity index (χ2v) is 6.63. The van der Waals surface area contributed by atoms with Crippen LogP contribution in [-0.2, 0) is 12.0 Å². The van der Waals surface area contributed by atoms with Crippen LogP contribution in [-0.4, -0.2) is 14.9 Å². The molecular formula is C17H23BrN2O. The van der Waals surface area contributed by atoms with E-state index >= 15 is 0 Å². The molecule has 0 radical (unpaired) electrons. The fraction of sp³-hybridized carbons (Fsp3) is 0.471. The van der Waals surface area contributed by atoms with Crippen LogP contribution in [0.25, 0.3) is 0 Å². The summed E-state index contributed by atoms with van der Waals surface area (Å²) in [6.07, 6.45) is 4.67. The third-order valence-electron chi connectivity index (χ3n) is 3.95. The van der Waals surface area contributed by atoms with E-state index in [1.54, 1.807) is 0 Å². The van der Waals surface area contributed by atoms with Crippen molar-refractivity contribution < 1.29 is 5.11 Å². The van der Waals surface area contributed by atoms with Crippen LogP contribution in [0, 0.1) is 0 Å². The first-order valence-corrected chi connectivity index (χ1v) is 8.28. The summed E-state index contributed by atoms with van der Waals surface area (Å²) >= 11 is 3.45. The van der Waals surface area contributed by atoms with Crippen molar-refractivity contribution in [1.82, 2.24) is 9.78 Å². The van der Waals surface area contributed by atoms with Crippen molar-refractivity contribution in [3.8, 4) is 0 Å². The molecule has 114 valence electrons. The molecule has 21 heavy (non-hydrogen) atoms. The van der Waals surface area contributed by atoms with E-state index in [4.69, 9.17) is 0 Å². The van der Waals surface area contributed by atoms with Gasteiger partial charge in [0.1, 0.15) is 0 Å². The highest BCUT2D eigenvalue weighted by Gasteiger charge is 2.25. The largest absolute Gasteiger partial charge is 0.385 e. The van der Waals surface area contributed by atoms with Gasteiger partial charge in [-0.15, -0.1) is 0 Å². The minimum Gasteiger partial charge on any atom is -0.385 e. The number of aliphatic hydroxyl groups is 1. The minimum atomic E-state index is -0.920. The van der Waals surface area contributed by atoms with Gasteiger partial charge in [0.05, 0.1) is 17.3 Å². The molecule has 0 saturated carbocycles. The highest BCUT2D eigenvalue weighted by molar-refractivity contribution is 9.10. The fourth-order valence-electron chi connectivity index (χ4n) is 2.62. The Bertz CT molecular complexity index is 588.